The molecule has 6 heteroatoms. The zero-order valence-electron chi connectivity index (χ0n) is 10.9. The van der Waals surface area contributed by atoms with E-state index >= 15 is 0 Å². The van der Waals surface area contributed by atoms with E-state index in [1.807, 2.05) is 0 Å². The highest BCUT2D eigenvalue weighted by molar-refractivity contribution is 5.90. The molecular weight excluding hydrogens is 234 g/mol. The van der Waals surface area contributed by atoms with Crippen LogP contribution in [-0.4, -0.2) is 71.7 Å². The van der Waals surface area contributed by atoms with Crippen molar-refractivity contribution in [2.45, 2.75) is 25.8 Å². The van der Waals surface area contributed by atoms with Crippen LogP contribution in [0.25, 0.3) is 0 Å². The van der Waals surface area contributed by atoms with E-state index in [0.717, 1.165) is 0 Å². The van der Waals surface area contributed by atoms with E-state index in [2.05, 4.69) is 0 Å². The van der Waals surface area contributed by atoms with E-state index in [0.29, 0.717) is 39.0 Å². The van der Waals surface area contributed by atoms with Gasteiger partial charge in [-0.2, -0.15) is 0 Å². The van der Waals surface area contributed by atoms with Gasteiger partial charge in [-0.25, -0.2) is 0 Å². The Labute approximate surface area is 107 Å². The van der Waals surface area contributed by atoms with E-state index in [-0.39, 0.29) is 23.8 Å². The Bertz CT molecular complexity index is 375. The number of amides is 3. The monoisotopic (exact) mass is 253 g/mol. The number of likely N-dealkylation sites (N-methyl/N-ethyl adjacent to an activating group) is 1. The third kappa shape index (κ3) is 2.32. The first-order chi connectivity index (χ1) is 8.50. The highest BCUT2D eigenvalue weighted by atomic mass is 16.2. The number of nitrogens with zero attached hydrogens (tertiary/aromatic N) is 3. The van der Waals surface area contributed by atoms with Crippen LogP contribution < -0.4 is 0 Å². The molecule has 1 unspecified atom stereocenters. The average Bonchev–Trinajstić information content (AvgIpc) is 2.69. The molecule has 100 valence electrons. The van der Waals surface area contributed by atoms with Gasteiger partial charge in [0, 0.05) is 46.6 Å². The van der Waals surface area contributed by atoms with Crippen molar-refractivity contribution in [3.05, 3.63) is 0 Å². The number of hydrogen-bond acceptors (Lipinski definition) is 3. The van der Waals surface area contributed by atoms with Gasteiger partial charge in [0.25, 0.3) is 0 Å². The molecule has 0 aromatic carbocycles. The van der Waals surface area contributed by atoms with E-state index < -0.39 is 0 Å². The normalized spacial score (nSPS) is 24.7. The predicted molar refractivity (Wildman–Crippen MR) is 64.6 cm³/mol. The zero-order chi connectivity index (χ0) is 13.3. The number of carbonyl (C=O) groups excluding carboxylic acids is 3. The molecule has 0 bridgehead atoms. The molecule has 2 saturated heterocycles. The van der Waals surface area contributed by atoms with Gasteiger partial charge in [-0.3, -0.25) is 14.4 Å². The van der Waals surface area contributed by atoms with E-state index in [9.17, 15) is 14.4 Å². The van der Waals surface area contributed by atoms with Crippen LogP contribution in [0.2, 0.25) is 0 Å². The van der Waals surface area contributed by atoms with E-state index in [1.165, 1.54) is 0 Å². The van der Waals surface area contributed by atoms with Gasteiger partial charge >= 0.3 is 0 Å². The molecule has 0 aromatic rings. The Kier molecular flexibility index (Phi) is 3.54. The van der Waals surface area contributed by atoms with Crippen molar-refractivity contribution in [3.8, 4) is 0 Å². The summed E-state index contributed by atoms with van der Waals surface area (Å²) in [5.41, 5.74) is 0. The van der Waals surface area contributed by atoms with Crippen molar-refractivity contribution >= 4 is 17.7 Å². The van der Waals surface area contributed by atoms with Gasteiger partial charge in [-0.1, -0.05) is 0 Å². The number of carbonyl (C=O) groups is 3. The van der Waals surface area contributed by atoms with Crippen molar-refractivity contribution in [1.82, 2.24) is 14.7 Å². The second-order valence-corrected chi connectivity index (χ2v) is 4.89. The van der Waals surface area contributed by atoms with E-state index in [4.69, 9.17) is 0 Å². The molecular formula is C12H19N3O3. The molecule has 0 N–H and O–H groups in total. The summed E-state index contributed by atoms with van der Waals surface area (Å²) in [6, 6.07) is -0.304. The van der Waals surface area contributed by atoms with Crippen LogP contribution in [0.1, 0.15) is 19.8 Å². The summed E-state index contributed by atoms with van der Waals surface area (Å²) in [4.78, 5) is 39.9. The van der Waals surface area contributed by atoms with Gasteiger partial charge < -0.3 is 14.7 Å². The van der Waals surface area contributed by atoms with Crippen molar-refractivity contribution in [2.75, 3.05) is 33.2 Å². The molecule has 18 heavy (non-hydrogen) atoms. The van der Waals surface area contributed by atoms with Crippen LogP contribution in [0.4, 0.5) is 0 Å². The van der Waals surface area contributed by atoms with Crippen molar-refractivity contribution in [2.24, 2.45) is 0 Å². The van der Waals surface area contributed by atoms with Gasteiger partial charge in [0.2, 0.25) is 17.7 Å². The lowest BCUT2D eigenvalue weighted by atomic mass is 10.1. The lowest BCUT2D eigenvalue weighted by molar-refractivity contribution is -0.143. The Morgan fingerprint density at radius 1 is 1.11 bits per heavy atom. The van der Waals surface area contributed by atoms with Crippen molar-refractivity contribution in [3.63, 3.8) is 0 Å². The molecule has 6 nitrogen and oxygen atoms in total. The number of piperazine rings is 1. The molecule has 0 aromatic heterocycles. The molecule has 2 aliphatic heterocycles. The summed E-state index contributed by atoms with van der Waals surface area (Å²) >= 11 is 0. The summed E-state index contributed by atoms with van der Waals surface area (Å²) in [6.45, 7) is 3.85. The maximum Gasteiger partial charge on any atom is 0.245 e. The summed E-state index contributed by atoms with van der Waals surface area (Å²) in [5.74, 6) is 0.109. The molecule has 0 spiro atoms. The quantitative estimate of drug-likeness (QED) is 0.621. The topological polar surface area (TPSA) is 60.9 Å². The van der Waals surface area contributed by atoms with Crippen LogP contribution in [0, 0.1) is 0 Å². The van der Waals surface area contributed by atoms with Crippen molar-refractivity contribution < 1.29 is 14.4 Å². The molecule has 2 heterocycles. The molecule has 0 saturated carbocycles. The third-order valence-corrected chi connectivity index (χ3v) is 3.81. The van der Waals surface area contributed by atoms with Crippen LogP contribution >= 0.6 is 0 Å². The van der Waals surface area contributed by atoms with Gasteiger partial charge in [-0.05, 0) is 6.42 Å². The third-order valence-electron chi connectivity index (χ3n) is 3.81. The lowest BCUT2D eigenvalue weighted by Gasteiger charge is -2.36. The minimum absolute atomic E-state index is 0.0200. The number of rotatable bonds is 1. The Balaban J connectivity index is 1.92. The maximum atomic E-state index is 12.3. The zero-order valence-corrected chi connectivity index (χ0v) is 10.9. The minimum atomic E-state index is -0.304. The Morgan fingerprint density at radius 2 is 1.67 bits per heavy atom. The minimum Gasteiger partial charge on any atom is -0.339 e. The van der Waals surface area contributed by atoms with Gasteiger partial charge in [0.05, 0.1) is 0 Å². The molecule has 0 aliphatic carbocycles. The fourth-order valence-electron chi connectivity index (χ4n) is 2.55. The molecule has 1 atom stereocenters. The summed E-state index contributed by atoms with van der Waals surface area (Å²) in [6.07, 6.45) is 1.07. The van der Waals surface area contributed by atoms with Gasteiger partial charge in [0.1, 0.15) is 6.04 Å². The van der Waals surface area contributed by atoms with Crippen LogP contribution in [0.5, 0.6) is 0 Å². The van der Waals surface area contributed by atoms with Crippen molar-refractivity contribution in [1.29, 1.82) is 0 Å². The van der Waals surface area contributed by atoms with E-state index in [1.54, 1.807) is 28.7 Å². The lowest BCUT2D eigenvalue weighted by Crippen LogP contribution is -2.54. The van der Waals surface area contributed by atoms with Crippen LogP contribution in [0.15, 0.2) is 0 Å². The van der Waals surface area contributed by atoms with Crippen LogP contribution in [0.3, 0.4) is 0 Å². The molecule has 3 amide bonds. The summed E-state index contributed by atoms with van der Waals surface area (Å²) in [5, 5.41) is 0. The predicted octanol–water partition coefficient (Wildman–Crippen LogP) is -0.702. The number of hydrogen-bond donors (Lipinski definition) is 0. The molecule has 2 aliphatic rings. The largest absolute Gasteiger partial charge is 0.339 e. The fourth-order valence-corrected chi connectivity index (χ4v) is 2.55. The Morgan fingerprint density at radius 3 is 2.11 bits per heavy atom. The highest BCUT2D eigenvalue weighted by Gasteiger charge is 2.36. The standard InChI is InChI=1S/C12H19N3O3/c1-9(16)14-5-7-15(8-6-14)12(18)10-3-4-11(17)13(10)2/h10H,3-8H2,1-2H3. The first kappa shape index (κ1) is 12.9. The second-order valence-electron chi connectivity index (χ2n) is 4.89. The second kappa shape index (κ2) is 4.96. The molecule has 2 fully saturated rings. The fraction of sp³-hybridized carbons (Fsp3) is 0.750. The smallest absolute Gasteiger partial charge is 0.245 e. The van der Waals surface area contributed by atoms with Gasteiger partial charge in [-0.15, -0.1) is 0 Å². The SMILES string of the molecule is CC(=O)N1CCN(C(=O)C2CCC(=O)N2C)CC1. The first-order valence-electron chi connectivity index (χ1n) is 6.30. The Hall–Kier alpha value is -1.59. The summed E-state index contributed by atoms with van der Waals surface area (Å²) < 4.78 is 0. The molecule has 2 rings (SSSR count). The number of likely N-dealkylation sites (tertiary alicyclic amines) is 1. The summed E-state index contributed by atoms with van der Waals surface area (Å²) in [7, 11) is 1.68. The molecule has 0 radical (unpaired) electrons. The first-order valence-corrected chi connectivity index (χ1v) is 6.30. The van der Waals surface area contributed by atoms with Crippen LogP contribution in [-0.2, 0) is 14.4 Å². The highest BCUT2D eigenvalue weighted by Crippen LogP contribution is 2.19. The average molecular weight is 253 g/mol. The van der Waals surface area contributed by atoms with Gasteiger partial charge in [0.15, 0.2) is 0 Å². The maximum absolute atomic E-state index is 12.3.